The van der Waals surface area contributed by atoms with Gasteiger partial charge in [-0.25, -0.2) is 9.97 Å². The first kappa shape index (κ1) is 12.3. The van der Waals surface area contributed by atoms with E-state index < -0.39 is 0 Å². The third kappa shape index (κ3) is 2.49. The Bertz CT molecular complexity index is 754. The molecule has 0 amide bonds. The fourth-order valence-corrected chi connectivity index (χ4v) is 1.91. The van der Waals surface area contributed by atoms with Gasteiger partial charge in [0.1, 0.15) is 5.69 Å². The van der Waals surface area contributed by atoms with E-state index in [4.69, 9.17) is 4.74 Å². The lowest BCUT2D eigenvalue weighted by molar-refractivity contribution is 0.396. The third-order valence-electron chi connectivity index (χ3n) is 2.88. The van der Waals surface area contributed by atoms with E-state index >= 15 is 0 Å². The minimum Gasteiger partial charge on any atom is -0.479 e. The number of ether oxygens (including phenoxy) is 1. The summed E-state index contributed by atoms with van der Waals surface area (Å²) in [6, 6.07) is 11.6. The average Bonchev–Trinajstić information content (AvgIpc) is 2.53. The summed E-state index contributed by atoms with van der Waals surface area (Å²) in [5.74, 6) is 0.517. The average molecular weight is 263 g/mol. The van der Waals surface area contributed by atoms with Crippen LogP contribution in [0.5, 0.6) is 5.88 Å². The Morgan fingerprint density at radius 2 is 1.75 bits per heavy atom. The standard InChI is InChI=1S/C16H13N3O/c1-20-16-15(9-8-12-5-4-10-17-11-12)18-13-6-2-3-7-14(13)19-16/h2-11H,1H3/b9-8+. The van der Waals surface area contributed by atoms with E-state index in [2.05, 4.69) is 15.0 Å². The number of hydrogen-bond donors (Lipinski definition) is 0. The Balaban J connectivity index is 2.04. The number of rotatable bonds is 3. The maximum Gasteiger partial charge on any atom is 0.240 e. The zero-order valence-corrected chi connectivity index (χ0v) is 11.0. The van der Waals surface area contributed by atoms with Gasteiger partial charge in [0.05, 0.1) is 18.1 Å². The van der Waals surface area contributed by atoms with Crippen molar-refractivity contribution < 1.29 is 4.74 Å². The van der Waals surface area contributed by atoms with E-state index in [1.165, 1.54) is 0 Å². The third-order valence-corrected chi connectivity index (χ3v) is 2.88. The minimum absolute atomic E-state index is 0.517. The van der Waals surface area contributed by atoms with Crippen LogP contribution in [0.15, 0.2) is 48.8 Å². The van der Waals surface area contributed by atoms with Gasteiger partial charge in [-0.1, -0.05) is 24.3 Å². The highest BCUT2D eigenvalue weighted by Crippen LogP contribution is 2.20. The van der Waals surface area contributed by atoms with Gasteiger partial charge < -0.3 is 4.74 Å². The fourth-order valence-electron chi connectivity index (χ4n) is 1.91. The molecule has 3 rings (SSSR count). The van der Waals surface area contributed by atoms with Gasteiger partial charge in [0.2, 0.25) is 5.88 Å². The zero-order chi connectivity index (χ0) is 13.8. The Morgan fingerprint density at radius 3 is 2.45 bits per heavy atom. The quantitative estimate of drug-likeness (QED) is 0.728. The lowest BCUT2D eigenvalue weighted by atomic mass is 10.2. The summed E-state index contributed by atoms with van der Waals surface area (Å²) in [6.07, 6.45) is 7.36. The van der Waals surface area contributed by atoms with Crippen LogP contribution in [0.4, 0.5) is 0 Å². The molecular weight excluding hydrogens is 250 g/mol. The Hall–Kier alpha value is -2.75. The number of pyridine rings is 1. The molecule has 2 heterocycles. The number of aromatic nitrogens is 3. The van der Waals surface area contributed by atoms with Crippen molar-refractivity contribution in [3.63, 3.8) is 0 Å². The van der Waals surface area contributed by atoms with Crippen molar-refractivity contribution in [3.8, 4) is 5.88 Å². The number of fused-ring (bicyclic) bond motifs is 1. The van der Waals surface area contributed by atoms with Crippen LogP contribution in [0.25, 0.3) is 23.2 Å². The summed E-state index contributed by atoms with van der Waals surface area (Å²) in [7, 11) is 1.60. The molecule has 3 aromatic rings. The molecule has 0 bridgehead atoms. The Morgan fingerprint density at radius 1 is 0.950 bits per heavy atom. The molecule has 0 saturated heterocycles. The number of nitrogens with zero attached hydrogens (tertiary/aromatic N) is 3. The van der Waals surface area contributed by atoms with E-state index in [9.17, 15) is 0 Å². The molecule has 0 spiro atoms. The largest absolute Gasteiger partial charge is 0.479 e. The van der Waals surface area contributed by atoms with Crippen LogP contribution in [-0.2, 0) is 0 Å². The molecule has 0 saturated carbocycles. The number of hydrogen-bond acceptors (Lipinski definition) is 4. The van der Waals surface area contributed by atoms with Crippen molar-refractivity contribution in [3.05, 3.63) is 60.0 Å². The predicted octanol–water partition coefficient (Wildman–Crippen LogP) is 3.20. The van der Waals surface area contributed by atoms with Crippen molar-refractivity contribution in [2.24, 2.45) is 0 Å². The van der Waals surface area contributed by atoms with Crippen molar-refractivity contribution in [2.45, 2.75) is 0 Å². The first-order chi connectivity index (χ1) is 9.86. The zero-order valence-electron chi connectivity index (χ0n) is 11.0. The second-order valence-electron chi connectivity index (χ2n) is 4.23. The molecule has 0 aliphatic rings. The topological polar surface area (TPSA) is 47.9 Å². The lowest BCUT2D eigenvalue weighted by Gasteiger charge is -2.05. The van der Waals surface area contributed by atoms with E-state index in [1.54, 1.807) is 19.5 Å². The highest BCUT2D eigenvalue weighted by Gasteiger charge is 2.06. The molecule has 98 valence electrons. The molecule has 4 nitrogen and oxygen atoms in total. The van der Waals surface area contributed by atoms with E-state index in [0.717, 1.165) is 16.6 Å². The maximum atomic E-state index is 5.30. The second kappa shape index (κ2) is 5.48. The Kier molecular flexibility index (Phi) is 3.37. The highest BCUT2D eigenvalue weighted by atomic mass is 16.5. The second-order valence-corrected chi connectivity index (χ2v) is 4.23. The summed E-state index contributed by atoms with van der Waals surface area (Å²) >= 11 is 0. The van der Waals surface area contributed by atoms with E-state index in [0.29, 0.717) is 11.6 Å². The van der Waals surface area contributed by atoms with E-state index in [-0.39, 0.29) is 0 Å². The van der Waals surface area contributed by atoms with Gasteiger partial charge in [-0.3, -0.25) is 4.98 Å². The van der Waals surface area contributed by atoms with Crippen molar-refractivity contribution in [1.82, 2.24) is 15.0 Å². The van der Waals surface area contributed by atoms with Gasteiger partial charge in [0.25, 0.3) is 0 Å². The van der Waals surface area contributed by atoms with Crippen molar-refractivity contribution in [2.75, 3.05) is 7.11 Å². The van der Waals surface area contributed by atoms with Crippen LogP contribution in [0, 0.1) is 0 Å². The minimum atomic E-state index is 0.517. The summed E-state index contributed by atoms with van der Waals surface area (Å²) in [4.78, 5) is 13.1. The molecular formula is C16H13N3O. The molecule has 0 radical (unpaired) electrons. The first-order valence-electron chi connectivity index (χ1n) is 6.26. The Labute approximate surface area is 116 Å². The van der Waals surface area contributed by atoms with Crippen LogP contribution in [0.3, 0.4) is 0 Å². The molecule has 0 unspecified atom stereocenters. The van der Waals surface area contributed by atoms with Crippen molar-refractivity contribution >= 4 is 23.2 Å². The number of methoxy groups -OCH3 is 1. The van der Waals surface area contributed by atoms with Gasteiger partial charge in [-0.15, -0.1) is 0 Å². The molecule has 0 aliphatic carbocycles. The maximum absolute atomic E-state index is 5.30. The lowest BCUT2D eigenvalue weighted by Crippen LogP contribution is -1.95. The van der Waals surface area contributed by atoms with Crippen LogP contribution < -0.4 is 4.74 Å². The van der Waals surface area contributed by atoms with Gasteiger partial charge in [0.15, 0.2) is 0 Å². The normalized spacial score (nSPS) is 11.1. The van der Waals surface area contributed by atoms with Gasteiger partial charge in [-0.05, 0) is 29.8 Å². The summed E-state index contributed by atoms with van der Waals surface area (Å²) in [5, 5.41) is 0. The van der Waals surface area contributed by atoms with Crippen LogP contribution >= 0.6 is 0 Å². The number of para-hydroxylation sites is 2. The summed E-state index contributed by atoms with van der Waals surface area (Å²) < 4.78 is 5.30. The molecule has 0 fully saturated rings. The summed E-state index contributed by atoms with van der Waals surface area (Å²) in [5.41, 5.74) is 3.38. The number of benzene rings is 1. The van der Waals surface area contributed by atoms with Crippen LogP contribution in [0.1, 0.15) is 11.3 Å². The molecule has 0 atom stereocenters. The molecule has 2 aromatic heterocycles. The van der Waals surface area contributed by atoms with Gasteiger partial charge >= 0.3 is 0 Å². The monoisotopic (exact) mass is 263 g/mol. The molecule has 0 N–H and O–H groups in total. The van der Waals surface area contributed by atoms with Gasteiger partial charge in [0, 0.05) is 12.4 Å². The fraction of sp³-hybridized carbons (Fsp3) is 0.0625. The van der Waals surface area contributed by atoms with Crippen LogP contribution in [0.2, 0.25) is 0 Å². The molecule has 20 heavy (non-hydrogen) atoms. The molecule has 0 aliphatic heterocycles. The SMILES string of the molecule is COc1nc2ccccc2nc1/C=C/c1cccnc1. The summed E-state index contributed by atoms with van der Waals surface area (Å²) in [6.45, 7) is 0. The van der Waals surface area contributed by atoms with Crippen molar-refractivity contribution in [1.29, 1.82) is 0 Å². The van der Waals surface area contributed by atoms with Crippen LogP contribution in [-0.4, -0.2) is 22.1 Å². The van der Waals surface area contributed by atoms with Gasteiger partial charge in [-0.2, -0.15) is 0 Å². The predicted molar refractivity (Wildman–Crippen MR) is 79.3 cm³/mol. The highest BCUT2D eigenvalue weighted by molar-refractivity contribution is 5.78. The smallest absolute Gasteiger partial charge is 0.240 e. The molecule has 4 heteroatoms. The first-order valence-corrected chi connectivity index (χ1v) is 6.26. The van der Waals surface area contributed by atoms with E-state index in [1.807, 2.05) is 48.6 Å². The molecule has 1 aromatic carbocycles.